The number of nitrogens with two attached hydrogens (primary N) is 3. The number of rotatable bonds is 18. The van der Waals surface area contributed by atoms with Crippen LogP contribution < -0.4 is 33.2 Å². The minimum atomic E-state index is -1.24. The number of hydrogen-bond acceptors (Lipinski definition) is 7. The van der Waals surface area contributed by atoms with Crippen molar-refractivity contribution >= 4 is 29.6 Å². The van der Waals surface area contributed by atoms with Crippen molar-refractivity contribution < 1.29 is 29.1 Å². The Morgan fingerprint density at radius 2 is 1.39 bits per heavy atom. The number of aliphatic carboxylic acids is 1. The molecule has 212 valence electrons. The lowest BCUT2D eigenvalue weighted by Crippen LogP contribution is -2.57. The number of carboxylic acids is 1. The molecule has 4 unspecified atom stereocenters. The van der Waals surface area contributed by atoms with Crippen molar-refractivity contribution in [3.05, 3.63) is 35.9 Å². The Bertz CT molecular complexity index is 926. The van der Waals surface area contributed by atoms with Crippen LogP contribution in [0.3, 0.4) is 0 Å². The van der Waals surface area contributed by atoms with Gasteiger partial charge in [-0.1, -0.05) is 44.2 Å². The Hall–Kier alpha value is -3.51. The molecule has 1 aromatic rings. The summed E-state index contributed by atoms with van der Waals surface area (Å²) in [7, 11) is 0. The van der Waals surface area contributed by atoms with Crippen LogP contribution in [0.1, 0.15) is 57.9 Å². The van der Waals surface area contributed by atoms with Gasteiger partial charge in [-0.15, -0.1) is 0 Å². The van der Waals surface area contributed by atoms with E-state index in [1.54, 1.807) is 0 Å². The fourth-order valence-corrected chi connectivity index (χ4v) is 3.79. The Kier molecular flexibility index (Phi) is 14.6. The van der Waals surface area contributed by atoms with Gasteiger partial charge < -0.3 is 38.3 Å². The number of carbonyl (C=O) groups excluding carboxylic acids is 4. The molecule has 0 bridgehead atoms. The third kappa shape index (κ3) is 12.6. The van der Waals surface area contributed by atoms with E-state index in [4.69, 9.17) is 17.2 Å². The van der Waals surface area contributed by atoms with Crippen LogP contribution in [0.2, 0.25) is 0 Å². The van der Waals surface area contributed by atoms with Crippen molar-refractivity contribution in [1.82, 2.24) is 16.0 Å². The van der Waals surface area contributed by atoms with Crippen molar-refractivity contribution in [3.63, 3.8) is 0 Å². The molecule has 0 aliphatic carbocycles. The van der Waals surface area contributed by atoms with Gasteiger partial charge in [-0.25, -0.2) is 4.79 Å². The van der Waals surface area contributed by atoms with Crippen LogP contribution in [0, 0.1) is 5.92 Å². The summed E-state index contributed by atoms with van der Waals surface area (Å²) in [5.74, 6) is -3.89. The van der Waals surface area contributed by atoms with Gasteiger partial charge in [0.25, 0.3) is 0 Å². The number of carboxylic acid groups (broad SMARTS) is 1. The highest BCUT2D eigenvalue weighted by atomic mass is 16.4. The van der Waals surface area contributed by atoms with Crippen LogP contribution in [-0.2, 0) is 30.4 Å². The van der Waals surface area contributed by atoms with Crippen LogP contribution in [-0.4, -0.2) is 65.4 Å². The van der Waals surface area contributed by atoms with E-state index in [1.165, 1.54) is 0 Å². The molecule has 4 atom stereocenters. The molecule has 38 heavy (non-hydrogen) atoms. The van der Waals surface area contributed by atoms with E-state index in [-0.39, 0.29) is 38.0 Å². The van der Waals surface area contributed by atoms with Crippen LogP contribution in [0.25, 0.3) is 0 Å². The molecule has 0 saturated heterocycles. The lowest BCUT2D eigenvalue weighted by atomic mass is 10.0. The number of hydrogen-bond donors (Lipinski definition) is 7. The zero-order valence-electron chi connectivity index (χ0n) is 22.2. The van der Waals surface area contributed by atoms with Gasteiger partial charge in [0, 0.05) is 6.42 Å². The number of amides is 4. The maximum Gasteiger partial charge on any atom is 0.326 e. The largest absolute Gasteiger partial charge is 0.480 e. The van der Waals surface area contributed by atoms with Crippen LogP contribution >= 0.6 is 0 Å². The standard InChI is InChI=1S/C26H42N6O6/c1-16(2)14-21(26(37)38)32-25(36)20(11-12-22(29)33)31-24(35)19(10-6-7-13-27)30-23(34)18(28)15-17-8-4-3-5-9-17/h3-5,8-9,16,18-21H,6-7,10-15,27-28H2,1-2H3,(H2,29,33)(H,30,34)(H,31,35)(H,32,36)(H,37,38). The zero-order valence-corrected chi connectivity index (χ0v) is 22.2. The van der Waals surface area contributed by atoms with Gasteiger partial charge in [0.15, 0.2) is 0 Å². The summed E-state index contributed by atoms with van der Waals surface area (Å²) in [4.78, 5) is 61.9. The molecule has 0 aliphatic rings. The quantitative estimate of drug-likeness (QED) is 0.122. The van der Waals surface area contributed by atoms with Crippen LogP contribution in [0.5, 0.6) is 0 Å². The lowest BCUT2D eigenvalue weighted by Gasteiger charge is -2.25. The predicted octanol–water partition coefficient (Wildman–Crippen LogP) is -0.464. The van der Waals surface area contributed by atoms with E-state index in [2.05, 4.69) is 16.0 Å². The average Bonchev–Trinajstić information content (AvgIpc) is 2.85. The second-order valence-electron chi connectivity index (χ2n) is 9.74. The van der Waals surface area contributed by atoms with Crippen molar-refractivity contribution in [1.29, 1.82) is 0 Å². The molecule has 0 aliphatic heterocycles. The molecule has 0 radical (unpaired) electrons. The summed E-state index contributed by atoms with van der Waals surface area (Å²) in [6.45, 7) is 4.02. The maximum atomic E-state index is 13.2. The zero-order chi connectivity index (χ0) is 28.7. The molecular formula is C26H42N6O6. The maximum absolute atomic E-state index is 13.2. The van der Waals surface area contributed by atoms with Crippen LogP contribution in [0.4, 0.5) is 0 Å². The minimum Gasteiger partial charge on any atom is -0.480 e. The number of unbranched alkanes of at least 4 members (excludes halogenated alkanes) is 1. The van der Waals surface area contributed by atoms with Gasteiger partial charge in [0.1, 0.15) is 18.1 Å². The van der Waals surface area contributed by atoms with E-state index in [9.17, 15) is 29.1 Å². The molecular weight excluding hydrogens is 492 g/mol. The normalized spacial score (nSPS) is 14.1. The van der Waals surface area contributed by atoms with Crippen molar-refractivity contribution in [2.24, 2.45) is 23.1 Å². The summed E-state index contributed by atoms with van der Waals surface area (Å²) in [6.07, 6.45) is 1.45. The van der Waals surface area contributed by atoms with E-state index < -0.39 is 53.8 Å². The van der Waals surface area contributed by atoms with Crippen LogP contribution in [0.15, 0.2) is 30.3 Å². The SMILES string of the molecule is CC(C)CC(NC(=O)C(CCC(N)=O)NC(=O)C(CCCCN)NC(=O)C(N)Cc1ccccc1)C(=O)O. The third-order valence-electron chi connectivity index (χ3n) is 5.85. The van der Waals surface area contributed by atoms with Crippen molar-refractivity contribution in [3.8, 4) is 0 Å². The van der Waals surface area contributed by atoms with E-state index in [0.29, 0.717) is 19.4 Å². The fourth-order valence-electron chi connectivity index (χ4n) is 3.79. The van der Waals surface area contributed by atoms with Crippen molar-refractivity contribution in [2.75, 3.05) is 6.54 Å². The molecule has 12 heteroatoms. The Balaban J connectivity index is 3.00. The Labute approximate surface area is 223 Å². The molecule has 0 fully saturated rings. The molecule has 0 saturated carbocycles. The summed E-state index contributed by atoms with van der Waals surface area (Å²) >= 11 is 0. The molecule has 4 amide bonds. The van der Waals surface area contributed by atoms with Gasteiger partial charge in [0.05, 0.1) is 6.04 Å². The monoisotopic (exact) mass is 534 g/mol. The summed E-state index contributed by atoms with van der Waals surface area (Å²) in [5, 5.41) is 17.1. The molecule has 12 nitrogen and oxygen atoms in total. The van der Waals surface area contributed by atoms with E-state index in [0.717, 1.165) is 5.56 Å². The Morgan fingerprint density at radius 3 is 1.92 bits per heavy atom. The number of benzene rings is 1. The second kappa shape index (κ2) is 17.1. The molecule has 0 aromatic heterocycles. The summed E-state index contributed by atoms with van der Waals surface area (Å²) in [6, 6.07) is 4.83. The average molecular weight is 535 g/mol. The van der Waals surface area contributed by atoms with Crippen molar-refractivity contribution in [2.45, 2.75) is 83.0 Å². The second-order valence-corrected chi connectivity index (χ2v) is 9.74. The van der Waals surface area contributed by atoms with Gasteiger partial charge in [-0.05, 0) is 56.6 Å². The smallest absolute Gasteiger partial charge is 0.326 e. The molecule has 0 spiro atoms. The van der Waals surface area contributed by atoms with E-state index in [1.807, 2.05) is 44.2 Å². The first-order chi connectivity index (χ1) is 17.9. The highest BCUT2D eigenvalue weighted by molar-refractivity contribution is 5.94. The summed E-state index contributed by atoms with van der Waals surface area (Å²) < 4.78 is 0. The van der Waals surface area contributed by atoms with Gasteiger partial charge in [0.2, 0.25) is 23.6 Å². The minimum absolute atomic E-state index is 0.0164. The third-order valence-corrected chi connectivity index (χ3v) is 5.85. The molecule has 1 aromatic carbocycles. The lowest BCUT2D eigenvalue weighted by molar-refractivity contribution is -0.143. The molecule has 10 N–H and O–H groups in total. The Morgan fingerprint density at radius 1 is 0.842 bits per heavy atom. The molecule has 0 heterocycles. The van der Waals surface area contributed by atoms with E-state index >= 15 is 0 Å². The topological polar surface area (TPSA) is 220 Å². The first-order valence-corrected chi connectivity index (χ1v) is 12.9. The number of nitrogens with one attached hydrogen (secondary N) is 3. The predicted molar refractivity (Wildman–Crippen MR) is 142 cm³/mol. The first kappa shape index (κ1) is 32.5. The first-order valence-electron chi connectivity index (χ1n) is 12.9. The van der Waals surface area contributed by atoms with Gasteiger partial charge in [-0.3, -0.25) is 19.2 Å². The molecule has 1 rings (SSSR count). The van der Waals surface area contributed by atoms with Gasteiger partial charge in [-0.2, -0.15) is 0 Å². The fraction of sp³-hybridized carbons (Fsp3) is 0.577. The van der Waals surface area contributed by atoms with Gasteiger partial charge >= 0.3 is 5.97 Å². The summed E-state index contributed by atoms with van der Waals surface area (Å²) in [5.41, 5.74) is 17.7. The number of carbonyl (C=O) groups is 5. The highest BCUT2D eigenvalue weighted by Crippen LogP contribution is 2.09. The number of primary amides is 1. The highest BCUT2D eigenvalue weighted by Gasteiger charge is 2.30.